The van der Waals surface area contributed by atoms with E-state index in [0.717, 1.165) is 18.5 Å². The fraction of sp³-hybridized carbons (Fsp3) is 0.750. The Balaban J connectivity index is 1.91. The zero-order valence-corrected chi connectivity index (χ0v) is 13.3. The van der Waals surface area contributed by atoms with Crippen molar-refractivity contribution in [1.82, 2.24) is 15.1 Å². The van der Waals surface area contributed by atoms with Crippen molar-refractivity contribution in [2.75, 3.05) is 6.54 Å². The van der Waals surface area contributed by atoms with Gasteiger partial charge in [0.2, 0.25) is 0 Å². The number of aliphatic hydroxyl groups is 1. The molecule has 5 heteroatoms. The van der Waals surface area contributed by atoms with Crippen LogP contribution in [0.15, 0.2) is 6.20 Å². The minimum absolute atomic E-state index is 0.0901. The summed E-state index contributed by atoms with van der Waals surface area (Å²) >= 11 is 0. The quantitative estimate of drug-likeness (QED) is 0.846. The SMILES string of the molecule is Cc1c(C(=O)NCCC(O)C(C)C)cnn1C1CCCC1. The maximum atomic E-state index is 12.2. The first kappa shape index (κ1) is 16.0. The average molecular weight is 293 g/mol. The number of hydrogen-bond donors (Lipinski definition) is 2. The molecule has 1 aromatic rings. The second-order valence-corrected chi connectivity index (χ2v) is 6.38. The summed E-state index contributed by atoms with van der Waals surface area (Å²) in [5, 5.41) is 17.0. The predicted octanol–water partition coefficient (Wildman–Crippen LogP) is 2.44. The molecule has 1 atom stereocenters. The Morgan fingerprint density at radius 3 is 2.76 bits per heavy atom. The van der Waals surface area contributed by atoms with Crippen molar-refractivity contribution in [2.45, 2.75) is 65.0 Å². The van der Waals surface area contributed by atoms with Gasteiger partial charge < -0.3 is 10.4 Å². The molecule has 1 saturated carbocycles. The van der Waals surface area contributed by atoms with Crippen LogP contribution in [0, 0.1) is 12.8 Å². The fourth-order valence-electron chi connectivity index (χ4n) is 2.93. The van der Waals surface area contributed by atoms with Gasteiger partial charge >= 0.3 is 0 Å². The van der Waals surface area contributed by atoms with E-state index in [9.17, 15) is 9.90 Å². The van der Waals surface area contributed by atoms with E-state index >= 15 is 0 Å². The number of nitrogens with one attached hydrogen (secondary N) is 1. The zero-order valence-electron chi connectivity index (χ0n) is 13.3. The largest absolute Gasteiger partial charge is 0.393 e. The van der Waals surface area contributed by atoms with E-state index in [1.54, 1.807) is 6.20 Å². The first-order chi connectivity index (χ1) is 10.0. The molecule has 2 rings (SSSR count). The lowest BCUT2D eigenvalue weighted by atomic mass is 10.0. The molecule has 118 valence electrons. The minimum atomic E-state index is -0.368. The molecule has 5 nitrogen and oxygen atoms in total. The van der Waals surface area contributed by atoms with E-state index in [-0.39, 0.29) is 17.9 Å². The number of nitrogens with zero attached hydrogens (tertiary/aromatic N) is 2. The van der Waals surface area contributed by atoms with Crippen LogP contribution in [0.3, 0.4) is 0 Å². The van der Waals surface area contributed by atoms with Gasteiger partial charge in [-0.1, -0.05) is 26.7 Å². The minimum Gasteiger partial charge on any atom is -0.393 e. The Hall–Kier alpha value is -1.36. The molecule has 1 aliphatic rings. The van der Waals surface area contributed by atoms with Gasteiger partial charge in [0, 0.05) is 12.2 Å². The van der Waals surface area contributed by atoms with E-state index < -0.39 is 0 Å². The number of aliphatic hydroxyl groups excluding tert-OH is 1. The van der Waals surface area contributed by atoms with Crippen molar-refractivity contribution < 1.29 is 9.90 Å². The number of carbonyl (C=O) groups excluding carboxylic acids is 1. The van der Waals surface area contributed by atoms with Gasteiger partial charge in [-0.05, 0) is 32.1 Å². The second kappa shape index (κ2) is 7.07. The Morgan fingerprint density at radius 2 is 2.14 bits per heavy atom. The van der Waals surface area contributed by atoms with Gasteiger partial charge in [0.25, 0.3) is 5.91 Å². The van der Waals surface area contributed by atoms with Gasteiger partial charge in [0.1, 0.15) is 0 Å². The maximum Gasteiger partial charge on any atom is 0.254 e. The first-order valence-electron chi connectivity index (χ1n) is 8.01. The van der Waals surface area contributed by atoms with E-state index in [4.69, 9.17) is 0 Å². The van der Waals surface area contributed by atoms with Crippen LogP contribution < -0.4 is 5.32 Å². The van der Waals surface area contributed by atoms with Crippen molar-refractivity contribution in [1.29, 1.82) is 0 Å². The molecular formula is C16H27N3O2. The molecule has 1 aromatic heterocycles. The van der Waals surface area contributed by atoms with E-state index in [1.165, 1.54) is 12.8 Å². The summed E-state index contributed by atoms with van der Waals surface area (Å²) in [4.78, 5) is 12.2. The highest BCUT2D eigenvalue weighted by molar-refractivity contribution is 5.95. The molecule has 1 fully saturated rings. The summed E-state index contributed by atoms with van der Waals surface area (Å²) in [5.74, 6) is 0.126. The summed E-state index contributed by atoms with van der Waals surface area (Å²) in [6.07, 6.45) is 6.69. The lowest BCUT2D eigenvalue weighted by Crippen LogP contribution is -2.29. The summed E-state index contributed by atoms with van der Waals surface area (Å²) in [6, 6.07) is 0.453. The van der Waals surface area contributed by atoms with Crippen LogP contribution in [-0.2, 0) is 0 Å². The number of carbonyl (C=O) groups is 1. The molecule has 1 aliphatic carbocycles. The van der Waals surface area contributed by atoms with E-state index in [1.807, 2.05) is 25.5 Å². The number of rotatable bonds is 6. The molecule has 0 saturated heterocycles. The Labute approximate surface area is 126 Å². The van der Waals surface area contributed by atoms with Gasteiger partial charge in [-0.3, -0.25) is 9.48 Å². The zero-order chi connectivity index (χ0) is 15.4. The maximum absolute atomic E-state index is 12.2. The van der Waals surface area contributed by atoms with Crippen LogP contribution in [0.1, 0.15) is 68.0 Å². The first-order valence-corrected chi connectivity index (χ1v) is 8.01. The highest BCUT2D eigenvalue weighted by Crippen LogP contribution is 2.30. The van der Waals surface area contributed by atoms with Gasteiger partial charge in [-0.15, -0.1) is 0 Å². The fourth-order valence-corrected chi connectivity index (χ4v) is 2.93. The molecule has 0 radical (unpaired) electrons. The van der Waals surface area contributed by atoms with E-state index in [2.05, 4.69) is 10.4 Å². The summed E-state index contributed by atoms with van der Waals surface area (Å²) < 4.78 is 2.00. The third-order valence-corrected chi connectivity index (χ3v) is 4.46. The number of aromatic nitrogens is 2. The third-order valence-electron chi connectivity index (χ3n) is 4.46. The van der Waals surface area contributed by atoms with Crippen LogP contribution in [0.5, 0.6) is 0 Å². The van der Waals surface area contributed by atoms with Crippen LogP contribution in [0.4, 0.5) is 0 Å². The number of hydrogen-bond acceptors (Lipinski definition) is 3. The van der Waals surface area contributed by atoms with Gasteiger partial charge in [0.15, 0.2) is 0 Å². The van der Waals surface area contributed by atoms with Gasteiger partial charge in [-0.2, -0.15) is 5.10 Å². The molecule has 2 N–H and O–H groups in total. The van der Waals surface area contributed by atoms with Crippen LogP contribution in [0.25, 0.3) is 0 Å². The lowest BCUT2D eigenvalue weighted by Gasteiger charge is -2.15. The molecule has 0 aromatic carbocycles. The molecule has 1 heterocycles. The van der Waals surface area contributed by atoms with Crippen molar-refractivity contribution in [2.24, 2.45) is 5.92 Å². The number of amides is 1. The predicted molar refractivity (Wildman–Crippen MR) is 82.3 cm³/mol. The molecule has 0 aliphatic heterocycles. The third kappa shape index (κ3) is 3.84. The van der Waals surface area contributed by atoms with Crippen molar-refractivity contribution in [3.8, 4) is 0 Å². The molecule has 0 spiro atoms. The van der Waals surface area contributed by atoms with E-state index in [0.29, 0.717) is 24.6 Å². The molecule has 21 heavy (non-hydrogen) atoms. The summed E-state index contributed by atoms with van der Waals surface area (Å²) in [7, 11) is 0. The molecule has 0 bridgehead atoms. The van der Waals surface area contributed by atoms with Gasteiger partial charge in [0.05, 0.1) is 23.9 Å². The van der Waals surface area contributed by atoms with Crippen LogP contribution >= 0.6 is 0 Å². The van der Waals surface area contributed by atoms with Crippen LogP contribution in [-0.4, -0.2) is 33.4 Å². The lowest BCUT2D eigenvalue weighted by molar-refractivity contribution is 0.0919. The summed E-state index contributed by atoms with van der Waals surface area (Å²) in [5.41, 5.74) is 1.60. The second-order valence-electron chi connectivity index (χ2n) is 6.38. The van der Waals surface area contributed by atoms with Crippen molar-refractivity contribution >= 4 is 5.91 Å². The average Bonchev–Trinajstić information content (AvgIpc) is 3.07. The summed E-state index contributed by atoms with van der Waals surface area (Å²) in [6.45, 7) is 6.40. The highest BCUT2D eigenvalue weighted by Gasteiger charge is 2.22. The molecule has 1 amide bonds. The standard InChI is InChI=1S/C16H27N3O2/c1-11(2)15(20)8-9-17-16(21)14-10-18-19(12(14)3)13-6-4-5-7-13/h10-11,13,15,20H,4-9H2,1-3H3,(H,17,21). The van der Waals surface area contributed by atoms with Crippen LogP contribution in [0.2, 0.25) is 0 Å². The molecular weight excluding hydrogens is 266 g/mol. The monoisotopic (exact) mass is 293 g/mol. The normalized spacial score (nSPS) is 17.4. The molecule has 1 unspecified atom stereocenters. The Morgan fingerprint density at radius 1 is 1.48 bits per heavy atom. The topological polar surface area (TPSA) is 67.2 Å². The smallest absolute Gasteiger partial charge is 0.254 e. The highest BCUT2D eigenvalue weighted by atomic mass is 16.3. The Kier molecular flexibility index (Phi) is 5.39. The van der Waals surface area contributed by atoms with Crippen molar-refractivity contribution in [3.63, 3.8) is 0 Å². The van der Waals surface area contributed by atoms with Gasteiger partial charge in [-0.25, -0.2) is 0 Å². The van der Waals surface area contributed by atoms with Crippen molar-refractivity contribution in [3.05, 3.63) is 17.5 Å². The Bertz CT molecular complexity index is 476.